The predicted molar refractivity (Wildman–Crippen MR) is 107 cm³/mol. The van der Waals surface area contributed by atoms with E-state index in [1.54, 1.807) is 6.33 Å². The number of ketones is 1. The van der Waals surface area contributed by atoms with Crippen molar-refractivity contribution in [1.29, 1.82) is 0 Å². The monoisotopic (exact) mass is 398 g/mol. The van der Waals surface area contributed by atoms with Crippen molar-refractivity contribution in [2.24, 2.45) is 0 Å². The van der Waals surface area contributed by atoms with E-state index in [0.29, 0.717) is 5.75 Å². The van der Waals surface area contributed by atoms with Gasteiger partial charge in [0.2, 0.25) is 6.79 Å². The molecule has 3 aromatic rings. The third-order valence-electron chi connectivity index (χ3n) is 4.77. The summed E-state index contributed by atoms with van der Waals surface area (Å²) < 4.78 is 14.9. The molecule has 4 rings (SSSR count). The smallest absolute Gasteiger partial charge is 0.231 e. The van der Waals surface area contributed by atoms with Crippen molar-refractivity contribution >= 4 is 17.5 Å². The summed E-state index contributed by atoms with van der Waals surface area (Å²) in [6.07, 6.45) is 1.70. The molecule has 0 saturated heterocycles. The predicted octanol–water partition coefficient (Wildman–Crippen LogP) is 3.97. The van der Waals surface area contributed by atoms with Crippen molar-refractivity contribution in [3.63, 3.8) is 0 Å². The minimum Gasteiger partial charge on any atom is -0.454 e. The molecule has 1 aliphatic heterocycles. The fourth-order valence-corrected chi connectivity index (χ4v) is 4.29. The van der Waals surface area contributed by atoms with Gasteiger partial charge in [0.05, 0.1) is 5.75 Å². The number of carbonyl (C=O) groups is 1. The number of benzene rings is 1. The second-order valence-electron chi connectivity index (χ2n) is 6.98. The first kappa shape index (κ1) is 18.6. The highest BCUT2D eigenvalue weighted by atomic mass is 32.2. The zero-order valence-corrected chi connectivity index (χ0v) is 17.1. The molecule has 0 radical (unpaired) electrons. The Bertz CT molecular complexity index is 1040. The van der Waals surface area contributed by atoms with E-state index in [2.05, 4.69) is 28.6 Å². The molecule has 3 heterocycles. The summed E-state index contributed by atoms with van der Waals surface area (Å²) in [6.45, 7) is 8.33. The van der Waals surface area contributed by atoms with Gasteiger partial charge in [0, 0.05) is 34.7 Å². The van der Waals surface area contributed by atoms with E-state index in [0.717, 1.165) is 39.3 Å². The Labute approximate surface area is 167 Å². The molecule has 1 aliphatic rings. The third-order valence-corrected chi connectivity index (χ3v) is 5.73. The normalized spacial score (nSPS) is 12.8. The number of rotatable bonds is 6. The Morgan fingerprint density at radius 2 is 2.00 bits per heavy atom. The molecule has 0 bridgehead atoms. The molecule has 2 aromatic heterocycles. The van der Waals surface area contributed by atoms with Crippen LogP contribution >= 0.6 is 11.8 Å². The van der Waals surface area contributed by atoms with Crippen LogP contribution in [0.5, 0.6) is 11.5 Å². The molecule has 8 heteroatoms. The number of Topliss-reactive ketones (excluding diaryl/α,β-unsaturated/α-hetero) is 1. The van der Waals surface area contributed by atoms with E-state index in [-0.39, 0.29) is 18.6 Å². The van der Waals surface area contributed by atoms with Crippen LogP contribution in [0.2, 0.25) is 0 Å². The summed E-state index contributed by atoms with van der Waals surface area (Å²) in [7, 11) is 0. The Hall–Kier alpha value is -2.74. The molecule has 1 aromatic carbocycles. The molecular formula is C20H22N4O3S. The minimum atomic E-state index is 0.0726. The minimum absolute atomic E-state index is 0.0726. The molecule has 28 heavy (non-hydrogen) atoms. The lowest BCUT2D eigenvalue weighted by atomic mass is 10.2. The molecule has 7 nitrogen and oxygen atoms in total. The Kier molecular flexibility index (Phi) is 4.89. The van der Waals surface area contributed by atoms with E-state index in [1.165, 1.54) is 11.8 Å². The maximum atomic E-state index is 12.9. The number of hydrogen-bond donors (Lipinski definition) is 0. The SMILES string of the molecule is Cc1cc(C(=O)CSc2nncn2C(C)C)c(C)n1-c1ccc2c(c1)OCO2. The number of ether oxygens (including phenoxy) is 2. The van der Waals surface area contributed by atoms with Gasteiger partial charge in [-0.2, -0.15) is 0 Å². The van der Waals surface area contributed by atoms with Crippen molar-refractivity contribution in [2.75, 3.05) is 12.5 Å². The van der Waals surface area contributed by atoms with Crippen LogP contribution in [0.3, 0.4) is 0 Å². The highest BCUT2D eigenvalue weighted by Gasteiger charge is 2.20. The number of aromatic nitrogens is 4. The zero-order valence-electron chi connectivity index (χ0n) is 16.3. The van der Waals surface area contributed by atoms with Gasteiger partial charge in [0.15, 0.2) is 22.4 Å². The molecule has 0 unspecified atom stereocenters. The van der Waals surface area contributed by atoms with E-state index >= 15 is 0 Å². The molecule has 146 valence electrons. The highest BCUT2D eigenvalue weighted by molar-refractivity contribution is 7.99. The van der Waals surface area contributed by atoms with E-state index in [4.69, 9.17) is 9.47 Å². The lowest BCUT2D eigenvalue weighted by Gasteiger charge is -2.11. The lowest BCUT2D eigenvalue weighted by molar-refractivity contribution is 0.102. The molecule has 0 amide bonds. The van der Waals surface area contributed by atoms with Crippen molar-refractivity contribution in [2.45, 2.75) is 38.9 Å². The van der Waals surface area contributed by atoms with Gasteiger partial charge in [-0.3, -0.25) is 4.79 Å². The van der Waals surface area contributed by atoms with Gasteiger partial charge in [-0.1, -0.05) is 11.8 Å². The van der Waals surface area contributed by atoms with Crippen LogP contribution in [0, 0.1) is 13.8 Å². The van der Waals surface area contributed by atoms with Crippen LogP contribution in [0.15, 0.2) is 35.7 Å². The van der Waals surface area contributed by atoms with E-state index in [1.807, 2.05) is 42.7 Å². The summed E-state index contributed by atoms with van der Waals surface area (Å²) in [5, 5.41) is 8.83. The third kappa shape index (κ3) is 3.28. The summed E-state index contributed by atoms with van der Waals surface area (Å²) in [5.41, 5.74) is 3.58. The molecule has 0 aliphatic carbocycles. The topological polar surface area (TPSA) is 71.2 Å². The van der Waals surface area contributed by atoms with Gasteiger partial charge < -0.3 is 18.6 Å². The van der Waals surface area contributed by atoms with Gasteiger partial charge in [0.25, 0.3) is 0 Å². The molecule has 0 atom stereocenters. The van der Waals surface area contributed by atoms with Crippen LogP contribution < -0.4 is 9.47 Å². The fourth-order valence-electron chi connectivity index (χ4n) is 3.36. The number of hydrogen-bond acceptors (Lipinski definition) is 6. The average Bonchev–Trinajstić information content (AvgIpc) is 3.37. The molecule has 0 spiro atoms. The number of nitrogens with zero attached hydrogens (tertiary/aromatic N) is 4. The lowest BCUT2D eigenvalue weighted by Crippen LogP contribution is -2.07. The Morgan fingerprint density at radius 1 is 1.21 bits per heavy atom. The first-order valence-corrected chi connectivity index (χ1v) is 10.1. The molecule has 0 N–H and O–H groups in total. The number of thioether (sulfide) groups is 1. The number of carbonyl (C=O) groups excluding carboxylic acids is 1. The second kappa shape index (κ2) is 7.35. The van der Waals surface area contributed by atoms with Crippen LogP contribution in [-0.2, 0) is 0 Å². The van der Waals surface area contributed by atoms with E-state index < -0.39 is 0 Å². The van der Waals surface area contributed by atoms with Crippen LogP contribution in [0.25, 0.3) is 5.69 Å². The van der Waals surface area contributed by atoms with Gasteiger partial charge in [0.1, 0.15) is 6.33 Å². The second-order valence-corrected chi connectivity index (χ2v) is 7.93. The first-order valence-electron chi connectivity index (χ1n) is 9.10. The maximum Gasteiger partial charge on any atom is 0.231 e. The van der Waals surface area contributed by atoms with Crippen LogP contribution in [-0.4, -0.2) is 37.7 Å². The van der Waals surface area contributed by atoms with Crippen molar-refractivity contribution in [3.05, 3.63) is 47.5 Å². The van der Waals surface area contributed by atoms with E-state index in [9.17, 15) is 4.79 Å². The Balaban J connectivity index is 1.57. The van der Waals surface area contributed by atoms with Crippen molar-refractivity contribution < 1.29 is 14.3 Å². The van der Waals surface area contributed by atoms with Gasteiger partial charge >= 0.3 is 0 Å². The summed E-state index contributed by atoms with van der Waals surface area (Å²) in [6, 6.07) is 8.00. The Morgan fingerprint density at radius 3 is 2.79 bits per heavy atom. The average molecular weight is 398 g/mol. The van der Waals surface area contributed by atoms with Crippen molar-refractivity contribution in [3.8, 4) is 17.2 Å². The highest BCUT2D eigenvalue weighted by Crippen LogP contribution is 2.35. The van der Waals surface area contributed by atoms with Gasteiger partial charge in [-0.15, -0.1) is 10.2 Å². The number of fused-ring (bicyclic) bond motifs is 1. The summed E-state index contributed by atoms with van der Waals surface area (Å²) in [4.78, 5) is 12.9. The quantitative estimate of drug-likeness (QED) is 0.462. The molecular weight excluding hydrogens is 376 g/mol. The van der Waals surface area contributed by atoms with Crippen LogP contribution in [0.1, 0.15) is 41.6 Å². The fraction of sp³-hybridized carbons (Fsp3) is 0.350. The summed E-state index contributed by atoms with van der Waals surface area (Å²) >= 11 is 1.41. The standard InChI is InChI=1S/C20H22N4O3S/c1-12(2)23-10-21-22-20(23)28-9-17(25)16-7-13(3)24(14(16)4)15-5-6-18-19(8-15)27-11-26-18/h5-8,10,12H,9,11H2,1-4H3. The van der Waals surface area contributed by atoms with Gasteiger partial charge in [-0.25, -0.2) is 0 Å². The van der Waals surface area contributed by atoms with Crippen molar-refractivity contribution in [1.82, 2.24) is 19.3 Å². The van der Waals surface area contributed by atoms with Crippen LogP contribution in [0.4, 0.5) is 0 Å². The largest absolute Gasteiger partial charge is 0.454 e. The number of aryl methyl sites for hydroxylation is 1. The summed E-state index contributed by atoms with van der Waals surface area (Å²) in [5.74, 6) is 1.86. The molecule has 0 saturated carbocycles. The molecule has 0 fully saturated rings. The maximum absolute atomic E-state index is 12.9. The van der Waals surface area contributed by atoms with Gasteiger partial charge in [-0.05, 0) is 45.9 Å². The zero-order chi connectivity index (χ0) is 19.8. The first-order chi connectivity index (χ1) is 13.5.